The number of aromatic nitrogens is 3. The Morgan fingerprint density at radius 1 is 1.42 bits per heavy atom. The third-order valence-electron chi connectivity index (χ3n) is 2.45. The van der Waals surface area contributed by atoms with E-state index in [-0.39, 0.29) is 5.91 Å². The number of aryl methyl sites for hydroxylation is 1. The zero-order chi connectivity index (χ0) is 13.4. The second-order valence-corrected chi connectivity index (χ2v) is 5.94. The fraction of sp³-hybridized carbons (Fsp3) is 0.0909. The molecule has 0 spiro atoms. The van der Waals surface area contributed by atoms with Gasteiger partial charge in [0, 0.05) is 0 Å². The van der Waals surface area contributed by atoms with Gasteiger partial charge in [-0.3, -0.25) is 10.1 Å². The molecule has 1 aromatic carbocycles. The lowest BCUT2D eigenvalue weighted by Gasteiger charge is -1.97. The molecule has 0 atom stereocenters. The van der Waals surface area contributed by atoms with Crippen LogP contribution in [0.2, 0.25) is 5.02 Å². The van der Waals surface area contributed by atoms with Crippen molar-refractivity contribution in [3.05, 3.63) is 33.8 Å². The van der Waals surface area contributed by atoms with Crippen LogP contribution in [-0.4, -0.2) is 20.5 Å². The topological polar surface area (TPSA) is 67.8 Å². The summed E-state index contributed by atoms with van der Waals surface area (Å²) in [5, 5.41) is 7.64. The number of hydrogen-bond acceptors (Lipinski definition) is 6. The summed E-state index contributed by atoms with van der Waals surface area (Å²) in [4.78, 5) is 16.8. The highest BCUT2D eigenvalue weighted by molar-refractivity contribution is 7.22. The normalized spacial score (nSPS) is 10.8. The van der Waals surface area contributed by atoms with Crippen molar-refractivity contribution in [3.63, 3.8) is 0 Å². The van der Waals surface area contributed by atoms with Gasteiger partial charge in [-0.15, -0.1) is 5.10 Å². The number of nitrogens with zero attached hydrogens (tertiary/aromatic N) is 3. The fourth-order valence-corrected chi connectivity index (χ4v) is 3.27. The van der Waals surface area contributed by atoms with E-state index in [4.69, 9.17) is 11.6 Å². The first kappa shape index (κ1) is 12.5. The van der Waals surface area contributed by atoms with Crippen molar-refractivity contribution in [2.24, 2.45) is 0 Å². The largest absolute Gasteiger partial charge is 0.297 e. The number of halogens is 1. The van der Waals surface area contributed by atoms with Crippen molar-refractivity contribution >= 4 is 55.7 Å². The van der Waals surface area contributed by atoms with Crippen molar-refractivity contribution in [1.29, 1.82) is 0 Å². The van der Waals surface area contributed by atoms with Gasteiger partial charge in [0.05, 0.1) is 15.4 Å². The molecule has 0 aliphatic rings. The van der Waals surface area contributed by atoms with Crippen LogP contribution in [0.15, 0.2) is 18.2 Å². The Hall–Kier alpha value is -1.57. The Labute approximate surface area is 121 Å². The average molecular weight is 311 g/mol. The van der Waals surface area contributed by atoms with Crippen LogP contribution in [0.5, 0.6) is 0 Å². The lowest BCUT2D eigenvalue weighted by molar-refractivity contribution is 0.103. The van der Waals surface area contributed by atoms with Gasteiger partial charge in [0.2, 0.25) is 0 Å². The Morgan fingerprint density at radius 2 is 2.26 bits per heavy atom. The van der Waals surface area contributed by atoms with Crippen LogP contribution in [-0.2, 0) is 0 Å². The summed E-state index contributed by atoms with van der Waals surface area (Å²) in [6, 6.07) is 5.53. The molecule has 96 valence electrons. The van der Waals surface area contributed by atoms with E-state index in [1.807, 2.05) is 12.1 Å². The first-order chi connectivity index (χ1) is 9.15. The number of hydrogen-bond donors (Lipinski definition) is 1. The molecule has 1 N–H and O–H groups in total. The summed E-state index contributed by atoms with van der Waals surface area (Å²) >= 11 is 8.49. The SMILES string of the molecule is Cc1nnsc1C(=O)Nc1nc2c(Cl)cccc2s1. The van der Waals surface area contributed by atoms with Gasteiger partial charge in [0.15, 0.2) is 5.13 Å². The predicted molar refractivity (Wildman–Crippen MR) is 77.2 cm³/mol. The second-order valence-electron chi connectivity index (χ2n) is 3.75. The highest BCUT2D eigenvalue weighted by Crippen LogP contribution is 2.30. The number of para-hydroxylation sites is 1. The van der Waals surface area contributed by atoms with E-state index >= 15 is 0 Å². The van der Waals surface area contributed by atoms with E-state index in [0.29, 0.717) is 26.2 Å². The minimum absolute atomic E-state index is 0.248. The molecule has 0 fully saturated rings. The number of carbonyl (C=O) groups is 1. The van der Waals surface area contributed by atoms with E-state index in [9.17, 15) is 4.79 Å². The third kappa shape index (κ3) is 2.32. The van der Waals surface area contributed by atoms with Crippen molar-refractivity contribution < 1.29 is 4.79 Å². The molecule has 0 bridgehead atoms. The van der Waals surface area contributed by atoms with Gasteiger partial charge < -0.3 is 0 Å². The minimum atomic E-state index is -0.248. The average Bonchev–Trinajstić information content (AvgIpc) is 2.95. The highest BCUT2D eigenvalue weighted by Gasteiger charge is 2.15. The van der Waals surface area contributed by atoms with Crippen LogP contribution >= 0.6 is 34.5 Å². The second kappa shape index (κ2) is 4.84. The van der Waals surface area contributed by atoms with E-state index in [1.165, 1.54) is 11.3 Å². The smallest absolute Gasteiger partial charge is 0.271 e. The number of carbonyl (C=O) groups excluding carboxylic acids is 1. The zero-order valence-corrected chi connectivity index (χ0v) is 12.1. The van der Waals surface area contributed by atoms with Crippen LogP contribution in [0.3, 0.4) is 0 Å². The summed E-state index contributed by atoms with van der Waals surface area (Å²) in [7, 11) is 0. The standard InChI is InChI=1S/C11H7ClN4OS2/c1-5-9(19-16-15-5)10(17)14-11-13-8-6(12)3-2-4-7(8)18-11/h2-4H,1H3,(H,13,14,17). The van der Waals surface area contributed by atoms with Crippen LogP contribution in [0, 0.1) is 6.92 Å². The van der Waals surface area contributed by atoms with Gasteiger partial charge in [-0.2, -0.15) is 0 Å². The number of nitrogens with one attached hydrogen (secondary N) is 1. The summed E-state index contributed by atoms with van der Waals surface area (Å²) in [5.41, 5.74) is 1.31. The number of fused-ring (bicyclic) bond motifs is 1. The van der Waals surface area contributed by atoms with Gasteiger partial charge in [-0.25, -0.2) is 4.98 Å². The first-order valence-electron chi connectivity index (χ1n) is 5.30. The quantitative estimate of drug-likeness (QED) is 0.788. The fourth-order valence-electron chi connectivity index (χ4n) is 1.56. The van der Waals surface area contributed by atoms with Crippen LogP contribution < -0.4 is 5.32 Å². The van der Waals surface area contributed by atoms with Gasteiger partial charge in [0.25, 0.3) is 5.91 Å². The molecule has 2 aromatic heterocycles. The summed E-state index contributed by atoms with van der Waals surface area (Å²) in [6.45, 7) is 1.74. The molecule has 2 heterocycles. The number of amides is 1. The molecule has 19 heavy (non-hydrogen) atoms. The van der Waals surface area contributed by atoms with Gasteiger partial charge >= 0.3 is 0 Å². The molecular weight excluding hydrogens is 304 g/mol. The molecule has 3 rings (SSSR count). The van der Waals surface area contributed by atoms with E-state index < -0.39 is 0 Å². The van der Waals surface area contributed by atoms with E-state index in [1.54, 1.807) is 13.0 Å². The predicted octanol–water partition coefficient (Wildman–Crippen LogP) is 3.36. The van der Waals surface area contributed by atoms with Gasteiger partial charge in [-0.1, -0.05) is 33.5 Å². The Morgan fingerprint density at radius 3 is 2.95 bits per heavy atom. The maximum Gasteiger partial charge on any atom is 0.271 e. The molecule has 5 nitrogen and oxygen atoms in total. The number of rotatable bonds is 2. The Balaban J connectivity index is 1.92. The third-order valence-corrected chi connectivity index (χ3v) is 4.52. The number of anilines is 1. The maximum atomic E-state index is 12.0. The van der Waals surface area contributed by atoms with Gasteiger partial charge in [-0.05, 0) is 30.6 Å². The monoisotopic (exact) mass is 310 g/mol. The molecule has 8 heteroatoms. The molecular formula is C11H7ClN4OS2. The Kier molecular flexibility index (Phi) is 3.17. The zero-order valence-electron chi connectivity index (χ0n) is 9.68. The molecule has 0 unspecified atom stereocenters. The van der Waals surface area contributed by atoms with Crippen molar-refractivity contribution in [2.45, 2.75) is 6.92 Å². The van der Waals surface area contributed by atoms with Crippen molar-refractivity contribution in [3.8, 4) is 0 Å². The van der Waals surface area contributed by atoms with Crippen LogP contribution in [0.4, 0.5) is 5.13 Å². The van der Waals surface area contributed by atoms with Crippen molar-refractivity contribution in [1.82, 2.24) is 14.6 Å². The minimum Gasteiger partial charge on any atom is -0.297 e. The molecule has 0 saturated heterocycles. The lowest BCUT2D eigenvalue weighted by atomic mass is 10.3. The molecule has 1 amide bonds. The van der Waals surface area contributed by atoms with E-state index in [2.05, 4.69) is 19.9 Å². The summed E-state index contributed by atoms with van der Waals surface area (Å²) < 4.78 is 4.67. The number of benzene rings is 1. The van der Waals surface area contributed by atoms with Crippen LogP contribution in [0.1, 0.15) is 15.4 Å². The number of thiazole rings is 1. The van der Waals surface area contributed by atoms with Crippen molar-refractivity contribution in [2.75, 3.05) is 5.32 Å². The Bertz CT molecular complexity index is 767. The van der Waals surface area contributed by atoms with Crippen LogP contribution in [0.25, 0.3) is 10.2 Å². The van der Waals surface area contributed by atoms with Gasteiger partial charge in [0.1, 0.15) is 10.4 Å². The maximum absolute atomic E-state index is 12.0. The summed E-state index contributed by atoms with van der Waals surface area (Å²) in [6.07, 6.45) is 0. The lowest BCUT2D eigenvalue weighted by Crippen LogP contribution is -2.11. The molecule has 3 aromatic rings. The molecule has 0 aliphatic heterocycles. The first-order valence-corrected chi connectivity index (χ1v) is 7.27. The van der Waals surface area contributed by atoms with E-state index in [0.717, 1.165) is 16.2 Å². The summed E-state index contributed by atoms with van der Waals surface area (Å²) in [5.74, 6) is -0.248. The highest BCUT2D eigenvalue weighted by atomic mass is 35.5. The molecule has 0 radical (unpaired) electrons. The molecule has 0 aliphatic carbocycles. The molecule has 0 saturated carbocycles.